The van der Waals surface area contributed by atoms with Gasteiger partial charge in [0, 0.05) is 31.1 Å². The van der Waals surface area contributed by atoms with Gasteiger partial charge in [0.25, 0.3) is 0 Å². The molecule has 0 aromatic heterocycles. The lowest BCUT2D eigenvalue weighted by Crippen LogP contribution is -2.37. The van der Waals surface area contributed by atoms with E-state index in [1.807, 2.05) is 36.4 Å². The molecular weight excluding hydrogens is 322 g/mol. The number of carbonyl (C=O) groups excluding carboxylic acids is 1. The zero-order valence-corrected chi connectivity index (χ0v) is 14.4. The second kappa shape index (κ2) is 7.65. The summed E-state index contributed by atoms with van der Waals surface area (Å²) in [4.78, 5) is 14.0. The van der Waals surface area contributed by atoms with E-state index in [9.17, 15) is 4.79 Å². The lowest BCUT2D eigenvalue weighted by atomic mass is 9.99. The number of likely N-dealkylation sites (N-methyl/N-ethyl adjacent to an activating group) is 1. The molecule has 0 bridgehead atoms. The van der Waals surface area contributed by atoms with Crippen LogP contribution in [0.4, 0.5) is 0 Å². The largest absolute Gasteiger partial charge is 0.371 e. The van der Waals surface area contributed by atoms with Gasteiger partial charge in [-0.2, -0.15) is 0 Å². The van der Waals surface area contributed by atoms with Gasteiger partial charge >= 0.3 is 0 Å². The van der Waals surface area contributed by atoms with Crippen molar-refractivity contribution in [1.82, 2.24) is 4.90 Å². The third-order valence-corrected chi connectivity index (χ3v) is 4.55. The van der Waals surface area contributed by atoms with Gasteiger partial charge in [0.15, 0.2) is 0 Å². The Morgan fingerprint density at radius 3 is 2.71 bits per heavy atom. The van der Waals surface area contributed by atoms with Crippen LogP contribution in [0.1, 0.15) is 16.7 Å². The molecule has 2 aromatic rings. The molecule has 0 aliphatic carbocycles. The molecule has 1 atom stereocenters. The van der Waals surface area contributed by atoms with Crippen molar-refractivity contribution in [3.8, 4) is 0 Å². The minimum absolute atomic E-state index is 0.0302. The molecule has 2 aromatic carbocycles. The Balaban J connectivity index is 1.58. The molecule has 3 nitrogen and oxygen atoms in total. The van der Waals surface area contributed by atoms with E-state index >= 15 is 0 Å². The average molecular weight is 342 g/mol. The highest BCUT2D eigenvalue weighted by molar-refractivity contribution is 6.32. The lowest BCUT2D eigenvalue weighted by molar-refractivity contribution is -0.126. The smallest absolute Gasteiger partial charge is 0.246 e. The number of hydrogen-bond donors (Lipinski definition) is 0. The second-order valence-corrected chi connectivity index (χ2v) is 6.39. The fourth-order valence-corrected chi connectivity index (χ4v) is 3.02. The summed E-state index contributed by atoms with van der Waals surface area (Å²) >= 11 is 6.09. The molecule has 1 amide bonds. The highest BCUT2D eigenvalue weighted by Gasteiger charge is 2.21. The van der Waals surface area contributed by atoms with Crippen LogP contribution < -0.4 is 0 Å². The van der Waals surface area contributed by atoms with Crippen molar-refractivity contribution < 1.29 is 9.53 Å². The number of rotatable bonds is 4. The lowest BCUT2D eigenvalue weighted by Gasteiger charge is -2.28. The fraction of sp³-hybridized carbons (Fsp3) is 0.250. The number of amides is 1. The van der Waals surface area contributed by atoms with Gasteiger partial charge in [0.1, 0.15) is 0 Å². The molecule has 0 saturated heterocycles. The number of hydrogen-bond acceptors (Lipinski definition) is 2. The Morgan fingerprint density at radius 2 is 1.92 bits per heavy atom. The predicted molar refractivity (Wildman–Crippen MR) is 96.8 cm³/mol. The van der Waals surface area contributed by atoms with Gasteiger partial charge in [0.2, 0.25) is 5.91 Å². The summed E-state index contributed by atoms with van der Waals surface area (Å²) < 4.78 is 5.87. The number of benzene rings is 2. The predicted octanol–water partition coefficient (Wildman–Crippen LogP) is 3.95. The molecule has 1 heterocycles. The summed E-state index contributed by atoms with van der Waals surface area (Å²) in [5.41, 5.74) is 3.38. The van der Waals surface area contributed by atoms with Crippen molar-refractivity contribution in [2.24, 2.45) is 0 Å². The van der Waals surface area contributed by atoms with E-state index in [1.165, 1.54) is 11.1 Å². The molecule has 24 heavy (non-hydrogen) atoms. The number of carbonyl (C=O) groups is 1. The topological polar surface area (TPSA) is 29.5 Å². The standard InChI is InChI=1S/C20H20ClNO2/c1-22(20(23)11-10-15-6-4-5-9-19(15)21)13-18-12-16-7-2-3-8-17(16)14-24-18/h2-11,18H,12-14H2,1H3/b11-10+. The van der Waals surface area contributed by atoms with Crippen LogP contribution >= 0.6 is 11.6 Å². The summed E-state index contributed by atoms with van der Waals surface area (Å²) in [5, 5.41) is 0.636. The summed E-state index contributed by atoms with van der Waals surface area (Å²) in [6.45, 7) is 1.18. The maximum Gasteiger partial charge on any atom is 0.246 e. The first-order chi connectivity index (χ1) is 11.6. The molecule has 0 saturated carbocycles. The first-order valence-electron chi connectivity index (χ1n) is 7.99. The van der Waals surface area contributed by atoms with Crippen LogP contribution in [-0.2, 0) is 22.6 Å². The van der Waals surface area contributed by atoms with Crippen LogP contribution in [0, 0.1) is 0 Å². The van der Waals surface area contributed by atoms with Crippen molar-refractivity contribution in [3.63, 3.8) is 0 Å². The molecule has 0 fully saturated rings. The highest BCUT2D eigenvalue weighted by Crippen LogP contribution is 2.21. The van der Waals surface area contributed by atoms with Crippen LogP contribution in [0.2, 0.25) is 5.02 Å². The molecule has 1 aliphatic heterocycles. The maximum absolute atomic E-state index is 12.3. The van der Waals surface area contributed by atoms with Crippen LogP contribution in [0.25, 0.3) is 6.08 Å². The Hall–Kier alpha value is -2.10. The molecule has 124 valence electrons. The van der Waals surface area contributed by atoms with Crippen LogP contribution in [-0.4, -0.2) is 30.5 Å². The normalized spacial score (nSPS) is 16.8. The van der Waals surface area contributed by atoms with Gasteiger partial charge in [-0.25, -0.2) is 0 Å². The number of halogens is 1. The number of nitrogens with zero attached hydrogens (tertiary/aromatic N) is 1. The van der Waals surface area contributed by atoms with Crippen molar-refractivity contribution in [3.05, 3.63) is 76.3 Å². The minimum atomic E-state index is -0.0580. The molecule has 0 spiro atoms. The maximum atomic E-state index is 12.3. The first-order valence-corrected chi connectivity index (χ1v) is 8.37. The van der Waals surface area contributed by atoms with E-state index in [0.29, 0.717) is 18.2 Å². The van der Waals surface area contributed by atoms with Gasteiger partial charge < -0.3 is 9.64 Å². The number of fused-ring (bicyclic) bond motifs is 1. The molecule has 1 aliphatic rings. The molecule has 0 radical (unpaired) electrons. The van der Waals surface area contributed by atoms with E-state index in [-0.39, 0.29) is 12.0 Å². The summed E-state index contributed by atoms with van der Waals surface area (Å²) in [5.74, 6) is -0.0580. The molecular formula is C20H20ClNO2. The minimum Gasteiger partial charge on any atom is -0.371 e. The molecule has 3 rings (SSSR count). The Morgan fingerprint density at radius 1 is 1.21 bits per heavy atom. The summed E-state index contributed by atoms with van der Waals surface area (Å²) in [6.07, 6.45) is 4.17. The van der Waals surface area contributed by atoms with Crippen LogP contribution in [0.15, 0.2) is 54.6 Å². The Labute approximate surface area is 147 Å². The molecule has 4 heteroatoms. The number of ether oxygens (including phenoxy) is 1. The van der Waals surface area contributed by atoms with Gasteiger partial charge in [-0.3, -0.25) is 4.79 Å². The van der Waals surface area contributed by atoms with Crippen LogP contribution in [0.5, 0.6) is 0 Å². The Bertz CT molecular complexity index is 757. The van der Waals surface area contributed by atoms with E-state index < -0.39 is 0 Å². The van der Waals surface area contributed by atoms with Gasteiger partial charge in [-0.15, -0.1) is 0 Å². The van der Waals surface area contributed by atoms with Crippen LogP contribution in [0.3, 0.4) is 0 Å². The van der Waals surface area contributed by atoms with Gasteiger partial charge in [-0.05, 0) is 28.8 Å². The van der Waals surface area contributed by atoms with Gasteiger partial charge in [0.05, 0.1) is 12.7 Å². The zero-order valence-electron chi connectivity index (χ0n) is 13.6. The second-order valence-electron chi connectivity index (χ2n) is 5.98. The van der Waals surface area contributed by atoms with E-state index in [2.05, 4.69) is 12.1 Å². The van der Waals surface area contributed by atoms with Gasteiger partial charge in [-0.1, -0.05) is 54.1 Å². The Kier molecular flexibility index (Phi) is 5.34. The van der Waals surface area contributed by atoms with E-state index in [0.717, 1.165) is 12.0 Å². The third-order valence-electron chi connectivity index (χ3n) is 4.20. The highest BCUT2D eigenvalue weighted by atomic mass is 35.5. The van der Waals surface area contributed by atoms with Crippen molar-refractivity contribution >= 4 is 23.6 Å². The average Bonchev–Trinajstić information content (AvgIpc) is 2.60. The van der Waals surface area contributed by atoms with E-state index in [4.69, 9.17) is 16.3 Å². The van der Waals surface area contributed by atoms with E-state index in [1.54, 1.807) is 24.1 Å². The first kappa shape index (κ1) is 16.7. The molecule has 0 N–H and O–H groups in total. The third kappa shape index (κ3) is 4.05. The quantitative estimate of drug-likeness (QED) is 0.788. The molecule has 1 unspecified atom stereocenters. The van der Waals surface area contributed by atoms with Crippen molar-refractivity contribution in [2.45, 2.75) is 19.1 Å². The summed E-state index contributed by atoms with van der Waals surface area (Å²) in [6, 6.07) is 15.7. The monoisotopic (exact) mass is 341 g/mol. The SMILES string of the molecule is CN(CC1Cc2ccccc2CO1)C(=O)/C=C/c1ccccc1Cl. The fourth-order valence-electron chi connectivity index (χ4n) is 2.82. The summed E-state index contributed by atoms with van der Waals surface area (Å²) in [7, 11) is 1.79. The van der Waals surface area contributed by atoms with Crippen molar-refractivity contribution in [1.29, 1.82) is 0 Å². The zero-order chi connectivity index (χ0) is 16.9. The van der Waals surface area contributed by atoms with Crippen molar-refractivity contribution in [2.75, 3.05) is 13.6 Å².